The molecule has 2 saturated heterocycles. The zero-order valence-electron chi connectivity index (χ0n) is 14.9. The molecule has 2 amide bonds. The molecule has 8 nitrogen and oxygen atoms in total. The predicted molar refractivity (Wildman–Crippen MR) is 99.5 cm³/mol. The normalized spacial score (nSPS) is 23.0. The Morgan fingerprint density at radius 3 is 2.46 bits per heavy atom. The molecule has 0 aliphatic carbocycles. The lowest BCUT2D eigenvalue weighted by molar-refractivity contribution is 0.150. The van der Waals surface area contributed by atoms with E-state index in [1.54, 1.807) is 4.90 Å². The zero-order valence-corrected chi connectivity index (χ0v) is 15.7. The molecule has 3 N–H and O–H groups in total. The fourth-order valence-corrected chi connectivity index (χ4v) is 4.24. The van der Waals surface area contributed by atoms with Crippen LogP contribution in [0.4, 0.5) is 4.79 Å². The molecule has 0 bridgehead atoms. The molecule has 0 spiro atoms. The van der Waals surface area contributed by atoms with Crippen molar-refractivity contribution >= 4 is 16.2 Å². The zero-order chi connectivity index (χ0) is 18.6. The summed E-state index contributed by atoms with van der Waals surface area (Å²) in [4.78, 5) is 16.5. The second kappa shape index (κ2) is 8.34. The maximum atomic E-state index is 12.5. The van der Waals surface area contributed by atoms with E-state index >= 15 is 0 Å². The number of urea groups is 1. The van der Waals surface area contributed by atoms with Gasteiger partial charge in [0.2, 0.25) is 0 Å². The monoisotopic (exact) mass is 381 g/mol. The average Bonchev–Trinajstić information content (AvgIpc) is 2.62. The average molecular weight is 382 g/mol. The van der Waals surface area contributed by atoms with Gasteiger partial charge in [-0.25, -0.2) is 9.93 Å². The molecule has 2 aliphatic rings. The van der Waals surface area contributed by atoms with Crippen molar-refractivity contribution in [2.45, 2.75) is 25.4 Å². The topological polar surface area (TPSA) is 99.0 Å². The highest BCUT2D eigenvalue weighted by molar-refractivity contribution is 7.86. The van der Waals surface area contributed by atoms with Crippen molar-refractivity contribution < 1.29 is 13.2 Å². The van der Waals surface area contributed by atoms with Crippen LogP contribution >= 0.6 is 0 Å². The maximum Gasteiger partial charge on any atom is 0.317 e. The first kappa shape index (κ1) is 19.1. The van der Waals surface area contributed by atoms with Gasteiger partial charge in [0, 0.05) is 45.3 Å². The summed E-state index contributed by atoms with van der Waals surface area (Å²) in [5, 5.41) is 8.24. The quantitative estimate of drug-likeness (QED) is 0.777. The minimum Gasteiger partial charge on any atom is -0.334 e. The minimum absolute atomic E-state index is 0.120. The van der Waals surface area contributed by atoms with Crippen LogP contribution < -0.4 is 10.5 Å². The van der Waals surface area contributed by atoms with Gasteiger partial charge < -0.3 is 10.2 Å². The molecule has 144 valence electrons. The number of hydrogen-bond donors (Lipinski definition) is 2. The van der Waals surface area contributed by atoms with Crippen molar-refractivity contribution in [2.75, 3.05) is 39.3 Å². The van der Waals surface area contributed by atoms with E-state index in [1.807, 2.05) is 18.2 Å². The van der Waals surface area contributed by atoms with E-state index in [0.717, 1.165) is 32.5 Å². The molecule has 0 radical (unpaired) electrons. The largest absolute Gasteiger partial charge is 0.334 e. The van der Waals surface area contributed by atoms with Crippen molar-refractivity contribution in [3.63, 3.8) is 0 Å². The van der Waals surface area contributed by atoms with E-state index < -0.39 is 10.2 Å². The Kier molecular flexibility index (Phi) is 6.13. The van der Waals surface area contributed by atoms with Crippen molar-refractivity contribution in [1.82, 2.24) is 19.4 Å². The first-order valence-corrected chi connectivity index (χ1v) is 10.5. The molecule has 2 aliphatic heterocycles. The molecule has 9 heteroatoms. The molecule has 2 heterocycles. The summed E-state index contributed by atoms with van der Waals surface area (Å²) in [5.41, 5.74) is 1.28. The number of carbonyl (C=O) groups excluding carboxylic acids is 1. The van der Waals surface area contributed by atoms with Crippen LogP contribution in [0.5, 0.6) is 0 Å². The summed E-state index contributed by atoms with van der Waals surface area (Å²) in [7, 11) is -3.67. The second-order valence-corrected chi connectivity index (χ2v) is 8.49. The van der Waals surface area contributed by atoms with E-state index in [4.69, 9.17) is 5.14 Å². The van der Waals surface area contributed by atoms with Gasteiger partial charge in [-0.15, -0.1) is 0 Å². The molecule has 3 rings (SSSR count). The summed E-state index contributed by atoms with van der Waals surface area (Å²) in [6, 6.07) is 10.3. The Bertz CT molecular complexity index is 704. The summed E-state index contributed by atoms with van der Waals surface area (Å²) in [6.45, 7) is 3.98. The summed E-state index contributed by atoms with van der Waals surface area (Å²) in [5.74, 6) is 0. The van der Waals surface area contributed by atoms with Crippen LogP contribution in [0.25, 0.3) is 0 Å². The number of piperazine rings is 1. The van der Waals surface area contributed by atoms with Crippen LogP contribution in [0.3, 0.4) is 0 Å². The van der Waals surface area contributed by atoms with E-state index in [-0.39, 0.29) is 25.2 Å². The molecule has 0 unspecified atom stereocenters. The van der Waals surface area contributed by atoms with E-state index in [9.17, 15) is 13.2 Å². The molecule has 0 aromatic heterocycles. The molecule has 0 saturated carbocycles. The molecule has 1 aromatic rings. The van der Waals surface area contributed by atoms with Crippen molar-refractivity contribution in [3.8, 4) is 0 Å². The van der Waals surface area contributed by atoms with Crippen molar-refractivity contribution in [3.05, 3.63) is 35.9 Å². The molecule has 1 atom stereocenters. The fourth-order valence-electron chi connectivity index (χ4n) is 3.57. The highest BCUT2D eigenvalue weighted by atomic mass is 32.2. The predicted octanol–water partition coefficient (Wildman–Crippen LogP) is 0.182. The number of nitrogens with one attached hydrogen (secondary N) is 1. The Hall–Kier alpha value is -1.68. The molecule has 1 aromatic carbocycles. The van der Waals surface area contributed by atoms with Crippen LogP contribution in [-0.2, 0) is 16.8 Å². The first-order valence-electron chi connectivity index (χ1n) is 9.01. The van der Waals surface area contributed by atoms with E-state index in [0.29, 0.717) is 13.1 Å². The lowest BCUT2D eigenvalue weighted by Gasteiger charge is -2.36. The number of likely N-dealkylation sites (tertiary alicyclic amines) is 1. The third-order valence-corrected chi connectivity index (χ3v) is 6.05. The highest BCUT2D eigenvalue weighted by Gasteiger charge is 2.28. The number of benzene rings is 1. The van der Waals surface area contributed by atoms with Gasteiger partial charge in [0.1, 0.15) is 0 Å². The SMILES string of the molecule is NS(=O)(=O)N1CCN(C(=O)N[C@H]2CCCN(Cc3ccccc3)C2)CC1. The van der Waals surface area contributed by atoms with Crippen LogP contribution in [0.15, 0.2) is 30.3 Å². The number of hydrogen-bond acceptors (Lipinski definition) is 4. The van der Waals surface area contributed by atoms with Gasteiger partial charge in [-0.2, -0.15) is 12.7 Å². The molecular weight excluding hydrogens is 354 g/mol. The third kappa shape index (κ3) is 5.16. The number of amides is 2. The molecule has 2 fully saturated rings. The second-order valence-electron chi connectivity index (χ2n) is 6.94. The van der Waals surface area contributed by atoms with Crippen molar-refractivity contribution in [1.29, 1.82) is 0 Å². The van der Waals surface area contributed by atoms with Gasteiger partial charge in [0.25, 0.3) is 10.2 Å². The van der Waals surface area contributed by atoms with Gasteiger partial charge in [-0.1, -0.05) is 30.3 Å². The number of nitrogens with two attached hydrogens (primary N) is 1. The van der Waals surface area contributed by atoms with Gasteiger partial charge in [0.05, 0.1) is 0 Å². The Morgan fingerprint density at radius 1 is 1.12 bits per heavy atom. The van der Waals surface area contributed by atoms with Gasteiger partial charge in [0.15, 0.2) is 0 Å². The van der Waals surface area contributed by atoms with Gasteiger partial charge in [-0.3, -0.25) is 4.90 Å². The smallest absolute Gasteiger partial charge is 0.317 e. The van der Waals surface area contributed by atoms with Crippen LogP contribution in [0.2, 0.25) is 0 Å². The lowest BCUT2D eigenvalue weighted by Crippen LogP contribution is -2.57. The standard InChI is InChI=1S/C17H27N5O3S/c18-26(24,25)22-11-9-21(10-12-22)17(23)19-16-7-4-8-20(14-16)13-15-5-2-1-3-6-15/h1-3,5-6,16H,4,7-14H2,(H,19,23)(H2,18,24,25)/t16-/m0/s1. The number of piperidine rings is 1. The van der Waals surface area contributed by atoms with Crippen molar-refractivity contribution in [2.24, 2.45) is 5.14 Å². The number of carbonyl (C=O) groups is 1. The minimum atomic E-state index is -3.67. The first-order chi connectivity index (χ1) is 12.4. The third-order valence-electron chi connectivity index (χ3n) is 4.97. The van der Waals surface area contributed by atoms with Crippen LogP contribution in [0.1, 0.15) is 18.4 Å². The number of rotatable bonds is 4. The highest BCUT2D eigenvalue weighted by Crippen LogP contribution is 2.14. The van der Waals surface area contributed by atoms with Crippen LogP contribution in [0, 0.1) is 0 Å². The van der Waals surface area contributed by atoms with E-state index in [2.05, 4.69) is 22.3 Å². The molecule has 26 heavy (non-hydrogen) atoms. The summed E-state index contributed by atoms with van der Waals surface area (Å²) >= 11 is 0. The van der Waals surface area contributed by atoms with Gasteiger partial charge in [-0.05, 0) is 24.9 Å². The Morgan fingerprint density at radius 2 is 1.81 bits per heavy atom. The maximum absolute atomic E-state index is 12.5. The summed E-state index contributed by atoms with van der Waals surface area (Å²) < 4.78 is 23.9. The lowest BCUT2D eigenvalue weighted by atomic mass is 10.0. The molecular formula is C17H27N5O3S. The van der Waals surface area contributed by atoms with Crippen LogP contribution in [-0.4, -0.2) is 73.9 Å². The van der Waals surface area contributed by atoms with E-state index in [1.165, 1.54) is 9.87 Å². The Balaban J connectivity index is 1.47. The van der Waals surface area contributed by atoms with Gasteiger partial charge >= 0.3 is 6.03 Å². The summed E-state index contributed by atoms with van der Waals surface area (Å²) in [6.07, 6.45) is 2.02. The fraction of sp³-hybridized carbons (Fsp3) is 0.588. The Labute approximate surface area is 155 Å². The number of nitrogens with zero attached hydrogens (tertiary/aromatic N) is 3.